The third-order valence-electron chi connectivity index (χ3n) is 4.19. The fourth-order valence-corrected chi connectivity index (χ4v) is 2.40. The first-order valence-corrected chi connectivity index (χ1v) is 7.92. The Morgan fingerprint density at radius 1 is 1.33 bits per heavy atom. The van der Waals surface area contributed by atoms with Gasteiger partial charge in [-0.15, -0.1) is 0 Å². The van der Waals surface area contributed by atoms with Crippen LogP contribution < -0.4 is 5.32 Å². The van der Waals surface area contributed by atoms with Crippen molar-refractivity contribution in [2.75, 3.05) is 13.1 Å². The summed E-state index contributed by atoms with van der Waals surface area (Å²) in [6.07, 6.45) is 5.14. The molecule has 0 aliphatic rings. The molecule has 1 N–H and O–H groups in total. The predicted octanol–water partition coefficient (Wildman–Crippen LogP) is 4.92. The average Bonchev–Trinajstić information content (AvgIpc) is 2.40. The summed E-state index contributed by atoms with van der Waals surface area (Å²) in [6, 6.07) is 8.75. The number of benzene rings is 1. The maximum atomic E-state index is 3.85. The molecular weight excluding hydrogens is 254 g/mol. The number of hydrogen-bond acceptors (Lipinski definition) is 1. The molecule has 21 heavy (non-hydrogen) atoms. The largest absolute Gasteiger partial charge is 0.313 e. The highest BCUT2D eigenvalue weighted by molar-refractivity contribution is 5.22. The molecule has 0 fully saturated rings. The normalized spacial score (nSPS) is 14.0. The molecule has 1 aromatic carbocycles. The second kappa shape index (κ2) is 8.19. The Balaban J connectivity index is 2.48. The van der Waals surface area contributed by atoms with Gasteiger partial charge in [0, 0.05) is 6.54 Å². The van der Waals surface area contributed by atoms with Gasteiger partial charge in [-0.3, -0.25) is 0 Å². The van der Waals surface area contributed by atoms with Crippen LogP contribution in [0.1, 0.15) is 38.8 Å². The van der Waals surface area contributed by atoms with E-state index in [1.54, 1.807) is 0 Å². The Morgan fingerprint density at radius 3 is 2.62 bits per heavy atom. The molecule has 116 valence electrons. The van der Waals surface area contributed by atoms with Crippen molar-refractivity contribution < 1.29 is 0 Å². The summed E-state index contributed by atoms with van der Waals surface area (Å²) in [5.41, 5.74) is 4.45. The van der Waals surface area contributed by atoms with Crippen molar-refractivity contribution >= 4 is 0 Å². The molecule has 0 aliphatic carbocycles. The monoisotopic (exact) mass is 285 g/mol. The van der Waals surface area contributed by atoms with Crippen LogP contribution in [0, 0.1) is 18.3 Å². The summed E-state index contributed by atoms with van der Waals surface area (Å²) in [4.78, 5) is 0. The van der Waals surface area contributed by atoms with E-state index in [-0.39, 0.29) is 5.41 Å². The van der Waals surface area contributed by atoms with Crippen molar-refractivity contribution in [2.45, 2.75) is 41.0 Å². The lowest BCUT2D eigenvalue weighted by atomic mass is 9.77. The molecule has 0 saturated carbocycles. The van der Waals surface area contributed by atoms with Crippen LogP contribution in [0.25, 0.3) is 0 Å². The van der Waals surface area contributed by atoms with Crippen LogP contribution in [0.3, 0.4) is 0 Å². The molecule has 0 bridgehead atoms. The number of allylic oxidation sites excluding steroid dienone is 2. The van der Waals surface area contributed by atoms with E-state index in [2.05, 4.69) is 76.9 Å². The molecule has 0 saturated heterocycles. The van der Waals surface area contributed by atoms with Crippen molar-refractivity contribution in [1.82, 2.24) is 5.32 Å². The van der Waals surface area contributed by atoms with Crippen molar-refractivity contribution in [2.24, 2.45) is 11.3 Å². The Kier molecular flexibility index (Phi) is 6.91. The standard InChI is InChI=1S/C20H31N/c1-7-9-19(17(3)20(4,5)6)15-21-13-12-18-11-8-10-16(2)14-18/h7-11,14,17,21H,1,12-13,15H2,2-6H3/b19-9+. The van der Waals surface area contributed by atoms with Gasteiger partial charge in [-0.25, -0.2) is 0 Å². The number of aryl methyl sites for hydroxylation is 1. The third kappa shape index (κ3) is 6.31. The van der Waals surface area contributed by atoms with Crippen molar-refractivity contribution in [3.05, 3.63) is 59.7 Å². The number of nitrogens with one attached hydrogen (secondary N) is 1. The van der Waals surface area contributed by atoms with Gasteiger partial charge in [0.1, 0.15) is 0 Å². The molecule has 0 spiro atoms. The first-order valence-electron chi connectivity index (χ1n) is 7.92. The molecule has 1 unspecified atom stereocenters. The highest BCUT2D eigenvalue weighted by Crippen LogP contribution is 2.31. The predicted molar refractivity (Wildman–Crippen MR) is 94.7 cm³/mol. The summed E-state index contributed by atoms with van der Waals surface area (Å²) in [5, 5.41) is 3.58. The highest BCUT2D eigenvalue weighted by Gasteiger charge is 2.22. The first kappa shape index (κ1) is 17.7. The van der Waals surface area contributed by atoms with Gasteiger partial charge in [-0.1, -0.05) is 81.8 Å². The van der Waals surface area contributed by atoms with E-state index >= 15 is 0 Å². The number of hydrogen-bond donors (Lipinski definition) is 1. The van der Waals surface area contributed by atoms with Crippen molar-refractivity contribution in [3.63, 3.8) is 0 Å². The average molecular weight is 285 g/mol. The van der Waals surface area contributed by atoms with Gasteiger partial charge in [-0.05, 0) is 36.8 Å². The lowest BCUT2D eigenvalue weighted by molar-refractivity contribution is 0.295. The molecule has 0 heterocycles. The van der Waals surface area contributed by atoms with Gasteiger partial charge < -0.3 is 5.32 Å². The van der Waals surface area contributed by atoms with Crippen LogP contribution in [0.15, 0.2) is 48.6 Å². The van der Waals surface area contributed by atoms with Crippen LogP contribution in [0.2, 0.25) is 0 Å². The zero-order valence-corrected chi connectivity index (χ0v) is 14.4. The lowest BCUT2D eigenvalue weighted by Gasteiger charge is -2.30. The van der Waals surface area contributed by atoms with E-state index in [4.69, 9.17) is 0 Å². The quantitative estimate of drug-likeness (QED) is 0.554. The minimum absolute atomic E-state index is 0.285. The maximum absolute atomic E-state index is 3.85. The SMILES string of the molecule is C=C/C=C(\CNCCc1cccc(C)c1)C(C)C(C)(C)C. The van der Waals surface area contributed by atoms with E-state index in [0.717, 1.165) is 19.5 Å². The van der Waals surface area contributed by atoms with Crippen LogP contribution in [0.4, 0.5) is 0 Å². The molecule has 1 heteroatoms. The van der Waals surface area contributed by atoms with E-state index in [1.165, 1.54) is 16.7 Å². The van der Waals surface area contributed by atoms with E-state index in [1.807, 2.05) is 6.08 Å². The van der Waals surface area contributed by atoms with Crippen LogP contribution in [-0.2, 0) is 6.42 Å². The minimum Gasteiger partial charge on any atom is -0.313 e. The Hall–Kier alpha value is -1.34. The lowest BCUT2D eigenvalue weighted by Crippen LogP contribution is -2.27. The van der Waals surface area contributed by atoms with Gasteiger partial charge >= 0.3 is 0 Å². The third-order valence-corrected chi connectivity index (χ3v) is 4.19. The minimum atomic E-state index is 0.285. The number of rotatable bonds is 7. The zero-order chi connectivity index (χ0) is 15.9. The van der Waals surface area contributed by atoms with E-state index in [0.29, 0.717) is 5.92 Å². The van der Waals surface area contributed by atoms with Gasteiger partial charge in [0.25, 0.3) is 0 Å². The highest BCUT2D eigenvalue weighted by atomic mass is 14.8. The summed E-state index contributed by atoms with van der Waals surface area (Å²) < 4.78 is 0. The van der Waals surface area contributed by atoms with Crippen molar-refractivity contribution in [3.8, 4) is 0 Å². The van der Waals surface area contributed by atoms with Crippen molar-refractivity contribution in [1.29, 1.82) is 0 Å². The fourth-order valence-electron chi connectivity index (χ4n) is 2.40. The Bertz CT molecular complexity index is 477. The molecule has 0 aromatic heterocycles. The fraction of sp³-hybridized carbons (Fsp3) is 0.500. The Morgan fingerprint density at radius 2 is 2.05 bits per heavy atom. The van der Waals surface area contributed by atoms with Crippen LogP contribution in [0.5, 0.6) is 0 Å². The summed E-state index contributed by atoms with van der Waals surface area (Å²) in [6.45, 7) is 17.1. The maximum Gasteiger partial charge on any atom is 0.0170 e. The molecule has 1 atom stereocenters. The molecular formula is C20H31N. The van der Waals surface area contributed by atoms with Gasteiger partial charge in [0.05, 0.1) is 0 Å². The topological polar surface area (TPSA) is 12.0 Å². The van der Waals surface area contributed by atoms with Crippen LogP contribution >= 0.6 is 0 Å². The molecule has 1 aromatic rings. The molecule has 1 nitrogen and oxygen atoms in total. The second-order valence-electron chi connectivity index (χ2n) is 6.98. The first-order chi connectivity index (χ1) is 9.84. The van der Waals surface area contributed by atoms with E-state index < -0.39 is 0 Å². The smallest absolute Gasteiger partial charge is 0.0170 e. The second-order valence-corrected chi connectivity index (χ2v) is 6.98. The van der Waals surface area contributed by atoms with Crippen LogP contribution in [-0.4, -0.2) is 13.1 Å². The molecule has 0 amide bonds. The van der Waals surface area contributed by atoms with Gasteiger partial charge in [-0.2, -0.15) is 0 Å². The molecule has 0 radical (unpaired) electrons. The molecule has 0 aliphatic heterocycles. The van der Waals surface area contributed by atoms with Gasteiger partial charge in [0.2, 0.25) is 0 Å². The Labute approximate surface area is 131 Å². The zero-order valence-electron chi connectivity index (χ0n) is 14.4. The molecule has 1 rings (SSSR count). The summed E-state index contributed by atoms with van der Waals surface area (Å²) in [7, 11) is 0. The summed E-state index contributed by atoms with van der Waals surface area (Å²) >= 11 is 0. The van der Waals surface area contributed by atoms with Gasteiger partial charge in [0.15, 0.2) is 0 Å². The van der Waals surface area contributed by atoms with E-state index in [9.17, 15) is 0 Å². The summed E-state index contributed by atoms with van der Waals surface area (Å²) in [5.74, 6) is 0.543.